The molecule has 4 heteroatoms. The number of amides is 1. The van der Waals surface area contributed by atoms with Crippen LogP contribution in [0.5, 0.6) is 0 Å². The van der Waals surface area contributed by atoms with Crippen molar-refractivity contribution in [2.24, 2.45) is 5.92 Å². The first-order valence-corrected chi connectivity index (χ1v) is 9.22. The number of likely N-dealkylation sites (tertiary alicyclic amines) is 1. The van der Waals surface area contributed by atoms with Crippen molar-refractivity contribution in [2.75, 3.05) is 26.8 Å². The van der Waals surface area contributed by atoms with Gasteiger partial charge < -0.3 is 9.64 Å². The van der Waals surface area contributed by atoms with Crippen LogP contribution in [0.25, 0.3) is 0 Å². The van der Waals surface area contributed by atoms with Gasteiger partial charge in [-0.15, -0.1) is 0 Å². The summed E-state index contributed by atoms with van der Waals surface area (Å²) in [4.78, 5) is 17.6. The van der Waals surface area contributed by atoms with Gasteiger partial charge in [0, 0.05) is 25.2 Å². The maximum Gasteiger partial charge on any atom is 0.228 e. The Balaban J connectivity index is 1.80. The monoisotopic (exact) mass is 330 g/mol. The molecule has 2 aliphatic heterocycles. The highest BCUT2D eigenvalue weighted by Crippen LogP contribution is 2.29. The SMILES string of the molecule is CC(C)N(C)[C@@H]1CCN(C(=O)[C@H]2CCOC2)[C@H]1Cc1ccccc1. The number of carbonyl (C=O) groups excluding carboxylic acids is 1. The molecule has 24 heavy (non-hydrogen) atoms. The zero-order valence-corrected chi connectivity index (χ0v) is 15.1. The van der Waals surface area contributed by atoms with Gasteiger partial charge in [-0.05, 0) is 45.7 Å². The summed E-state index contributed by atoms with van der Waals surface area (Å²) < 4.78 is 5.45. The van der Waals surface area contributed by atoms with E-state index in [1.807, 2.05) is 0 Å². The van der Waals surface area contributed by atoms with Gasteiger partial charge in [0.15, 0.2) is 0 Å². The minimum absolute atomic E-state index is 0.0615. The summed E-state index contributed by atoms with van der Waals surface area (Å²) >= 11 is 0. The highest BCUT2D eigenvalue weighted by molar-refractivity contribution is 5.80. The van der Waals surface area contributed by atoms with Crippen LogP contribution in [0, 0.1) is 5.92 Å². The molecule has 1 amide bonds. The van der Waals surface area contributed by atoms with Crippen LogP contribution in [-0.2, 0) is 16.0 Å². The Morgan fingerprint density at radius 2 is 2.04 bits per heavy atom. The van der Waals surface area contributed by atoms with Crippen LogP contribution in [-0.4, -0.2) is 60.6 Å². The standard InChI is InChI=1S/C20H30N2O2/c1-15(2)21(3)18-9-11-22(20(23)17-10-12-24-14-17)19(18)13-16-7-5-4-6-8-16/h4-8,15,17-19H,9-14H2,1-3H3/t17-,18+,19-/m0/s1. The van der Waals surface area contributed by atoms with Crippen LogP contribution < -0.4 is 0 Å². The lowest BCUT2D eigenvalue weighted by Gasteiger charge is -2.36. The van der Waals surface area contributed by atoms with Gasteiger partial charge >= 0.3 is 0 Å². The molecule has 2 saturated heterocycles. The summed E-state index contributed by atoms with van der Waals surface area (Å²) in [5, 5.41) is 0. The van der Waals surface area contributed by atoms with Crippen LogP contribution in [0.1, 0.15) is 32.3 Å². The van der Waals surface area contributed by atoms with Crippen molar-refractivity contribution in [3.8, 4) is 0 Å². The number of ether oxygens (including phenoxy) is 1. The van der Waals surface area contributed by atoms with E-state index < -0.39 is 0 Å². The van der Waals surface area contributed by atoms with Gasteiger partial charge in [0.05, 0.1) is 18.6 Å². The molecular formula is C20H30N2O2. The fraction of sp³-hybridized carbons (Fsp3) is 0.650. The molecular weight excluding hydrogens is 300 g/mol. The number of hydrogen-bond donors (Lipinski definition) is 0. The van der Waals surface area contributed by atoms with Crippen molar-refractivity contribution in [3.05, 3.63) is 35.9 Å². The molecule has 1 aromatic carbocycles. The number of hydrogen-bond acceptors (Lipinski definition) is 3. The van der Waals surface area contributed by atoms with Gasteiger partial charge in [-0.2, -0.15) is 0 Å². The first-order chi connectivity index (χ1) is 11.6. The summed E-state index contributed by atoms with van der Waals surface area (Å²) in [5.74, 6) is 0.361. The predicted octanol–water partition coefficient (Wildman–Crippen LogP) is 2.58. The van der Waals surface area contributed by atoms with Crippen LogP contribution in [0.4, 0.5) is 0 Å². The second kappa shape index (κ2) is 7.66. The van der Waals surface area contributed by atoms with Gasteiger partial charge in [-0.25, -0.2) is 0 Å². The third-order valence-electron chi connectivity index (χ3n) is 5.70. The van der Waals surface area contributed by atoms with Gasteiger partial charge in [-0.3, -0.25) is 9.69 Å². The predicted molar refractivity (Wildman–Crippen MR) is 95.9 cm³/mol. The summed E-state index contributed by atoms with van der Waals surface area (Å²) in [5.41, 5.74) is 1.31. The maximum atomic E-state index is 13.0. The number of nitrogens with zero attached hydrogens (tertiary/aromatic N) is 2. The normalized spacial score (nSPS) is 27.4. The maximum absolute atomic E-state index is 13.0. The molecule has 0 bridgehead atoms. The van der Waals surface area contributed by atoms with Crippen molar-refractivity contribution < 1.29 is 9.53 Å². The molecule has 3 rings (SSSR count). The van der Waals surface area contributed by atoms with Gasteiger partial charge in [0.25, 0.3) is 0 Å². The van der Waals surface area contributed by atoms with E-state index in [2.05, 4.69) is 61.0 Å². The summed E-state index contributed by atoms with van der Waals surface area (Å²) in [6, 6.07) is 11.7. The molecule has 2 heterocycles. The van der Waals surface area contributed by atoms with E-state index in [9.17, 15) is 4.79 Å². The lowest BCUT2D eigenvalue weighted by atomic mass is 9.97. The third-order valence-corrected chi connectivity index (χ3v) is 5.70. The van der Waals surface area contributed by atoms with Gasteiger partial charge in [0.2, 0.25) is 5.91 Å². The van der Waals surface area contributed by atoms with Crippen molar-refractivity contribution in [1.29, 1.82) is 0 Å². The van der Waals surface area contributed by atoms with E-state index in [0.29, 0.717) is 24.6 Å². The molecule has 0 radical (unpaired) electrons. The van der Waals surface area contributed by atoms with Crippen molar-refractivity contribution in [2.45, 2.75) is 51.2 Å². The quantitative estimate of drug-likeness (QED) is 0.832. The highest BCUT2D eigenvalue weighted by atomic mass is 16.5. The topological polar surface area (TPSA) is 32.8 Å². The molecule has 2 aliphatic rings. The first-order valence-electron chi connectivity index (χ1n) is 9.22. The molecule has 132 valence electrons. The zero-order chi connectivity index (χ0) is 17.1. The highest BCUT2D eigenvalue weighted by Gasteiger charge is 2.42. The number of carbonyl (C=O) groups is 1. The summed E-state index contributed by atoms with van der Waals surface area (Å²) in [7, 11) is 2.19. The van der Waals surface area contributed by atoms with Gasteiger partial charge in [-0.1, -0.05) is 30.3 Å². The lowest BCUT2D eigenvalue weighted by molar-refractivity contribution is -0.136. The minimum Gasteiger partial charge on any atom is -0.381 e. The van der Waals surface area contributed by atoms with E-state index in [1.54, 1.807) is 0 Å². The molecule has 1 aromatic rings. The van der Waals surface area contributed by atoms with Crippen molar-refractivity contribution >= 4 is 5.91 Å². The third kappa shape index (κ3) is 3.65. The van der Waals surface area contributed by atoms with E-state index in [-0.39, 0.29) is 12.0 Å². The van der Waals surface area contributed by atoms with Crippen molar-refractivity contribution in [1.82, 2.24) is 9.80 Å². The number of benzene rings is 1. The second-order valence-electron chi connectivity index (χ2n) is 7.46. The molecule has 0 aromatic heterocycles. The lowest BCUT2D eigenvalue weighted by Crippen LogP contribution is -2.50. The van der Waals surface area contributed by atoms with E-state index in [1.165, 1.54) is 5.56 Å². The van der Waals surface area contributed by atoms with E-state index in [0.717, 1.165) is 32.4 Å². The number of likely N-dealkylation sites (N-methyl/N-ethyl adjacent to an activating group) is 1. The Morgan fingerprint density at radius 3 is 2.67 bits per heavy atom. The second-order valence-corrected chi connectivity index (χ2v) is 7.46. The Bertz CT molecular complexity index is 540. The smallest absolute Gasteiger partial charge is 0.228 e. The van der Waals surface area contributed by atoms with Crippen LogP contribution in [0.3, 0.4) is 0 Å². The van der Waals surface area contributed by atoms with E-state index >= 15 is 0 Å². The molecule has 0 N–H and O–H groups in total. The molecule has 0 spiro atoms. The molecule has 0 aliphatic carbocycles. The summed E-state index contributed by atoms with van der Waals surface area (Å²) in [6.07, 6.45) is 2.87. The van der Waals surface area contributed by atoms with Crippen LogP contribution in [0.2, 0.25) is 0 Å². The summed E-state index contributed by atoms with van der Waals surface area (Å²) in [6.45, 7) is 6.65. The fourth-order valence-electron chi connectivity index (χ4n) is 4.03. The first kappa shape index (κ1) is 17.4. The number of rotatable bonds is 5. The Hall–Kier alpha value is -1.39. The van der Waals surface area contributed by atoms with Crippen LogP contribution in [0.15, 0.2) is 30.3 Å². The molecule has 4 nitrogen and oxygen atoms in total. The average molecular weight is 330 g/mol. The van der Waals surface area contributed by atoms with Gasteiger partial charge in [0.1, 0.15) is 0 Å². The molecule has 0 unspecified atom stereocenters. The Labute approximate surface area is 145 Å². The zero-order valence-electron chi connectivity index (χ0n) is 15.1. The fourth-order valence-corrected chi connectivity index (χ4v) is 4.03. The average Bonchev–Trinajstić information content (AvgIpc) is 3.24. The Morgan fingerprint density at radius 1 is 1.29 bits per heavy atom. The largest absolute Gasteiger partial charge is 0.381 e. The Kier molecular flexibility index (Phi) is 5.57. The van der Waals surface area contributed by atoms with E-state index in [4.69, 9.17) is 4.74 Å². The van der Waals surface area contributed by atoms with Crippen LogP contribution >= 0.6 is 0 Å². The molecule has 0 saturated carbocycles. The molecule has 3 atom stereocenters. The minimum atomic E-state index is 0.0615. The van der Waals surface area contributed by atoms with Crippen molar-refractivity contribution in [3.63, 3.8) is 0 Å². The molecule has 2 fully saturated rings.